The van der Waals surface area contributed by atoms with Crippen LogP contribution in [0.25, 0.3) is 22.0 Å². The van der Waals surface area contributed by atoms with E-state index in [0.717, 1.165) is 41.9 Å². The third-order valence-corrected chi connectivity index (χ3v) is 7.82. The van der Waals surface area contributed by atoms with Crippen molar-refractivity contribution in [2.75, 3.05) is 13.1 Å². The molecular formula is C28H34ClN3O. The van der Waals surface area contributed by atoms with E-state index in [-0.39, 0.29) is 17.0 Å². The molecule has 2 fully saturated rings. The summed E-state index contributed by atoms with van der Waals surface area (Å²) in [6, 6.07) is 14.7. The molecule has 5 rings (SSSR count). The van der Waals surface area contributed by atoms with Gasteiger partial charge in [0.05, 0.1) is 10.9 Å². The van der Waals surface area contributed by atoms with Crippen LogP contribution in [-0.2, 0) is 6.42 Å². The van der Waals surface area contributed by atoms with Crippen LogP contribution in [0.4, 0.5) is 0 Å². The fraction of sp³-hybridized carbons (Fsp3) is 0.500. The number of aromatic nitrogens is 2. The Morgan fingerprint density at radius 1 is 1.09 bits per heavy atom. The molecule has 174 valence electrons. The zero-order valence-corrected chi connectivity index (χ0v) is 20.9. The Morgan fingerprint density at radius 3 is 2.52 bits per heavy atom. The Labute approximate surface area is 201 Å². The normalized spacial score (nSPS) is 23.2. The lowest BCUT2D eigenvalue weighted by Crippen LogP contribution is -2.42. The van der Waals surface area contributed by atoms with Crippen molar-refractivity contribution in [3.63, 3.8) is 0 Å². The average Bonchev–Trinajstić information content (AvgIpc) is 3.45. The summed E-state index contributed by atoms with van der Waals surface area (Å²) < 4.78 is 2.08. The lowest BCUT2D eigenvalue weighted by atomic mass is 9.93. The second-order valence-corrected chi connectivity index (χ2v) is 11.2. The maximum Gasteiger partial charge on any atom is 0.261 e. The van der Waals surface area contributed by atoms with E-state index in [0.29, 0.717) is 22.4 Å². The zero-order chi connectivity index (χ0) is 23.3. The molecule has 1 saturated heterocycles. The summed E-state index contributed by atoms with van der Waals surface area (Å²) in [6.07, 6.45) is 4.33. The Hall–Kier alpha value is -2.17. The van der Waals surface area contributed by atoms with Gasteiger partial charge in [0, 0.05) is 35.5 Å². The second-order valence-electron chi connectivity index (χ2n) is 10.8. The monoisotopic (exact) mass is 463 g/mol. The van der Waals surface area contributed by atoms with Crippen molar-refractivity contribution in [3.05, 3.63) is 63.7 Å². The highest BCUT2D eigenvalue weighted by molar-refractivity contribution is 6.30. The van der Waals surface area contributed by atoms with E-state index < -0.39 is 0 Å². The summed E-state index contributed by atoms with van der Waals surface area (Å²) in [5.41, 5.74) is 3.22. The molecule has 0 amide bonds. The molecule has 2 unspecified atom stereocenters. The quantitative estimate of drug-likeness (QED) is 0.442. The zero-order valence-electron chi connectivity index (χ0n) is 20.1. The Balaban J connectivity index is 1.60. The van der Waals surface area contributed by atoms with Gasteiger partial charge in [0.25, 0.3) is 5.56 Å². The number of halogens is 1. The second kappa shape index (κ2) is 8.56. The molecule has 1 aromatic heterocycles. The van der Waals surface area contributed by atoms with Gasteiger partial charge in [-0.1, -0.05) is 43.6 Å². The molecule has 1 saturated carbocycles. The fourth-order valence-electron chi connectivity index (χ4n) is 5.66. The van der Waals surface area contributed by atoms with Gasteiger partial charge >= 0.3 is 0 Å². The molecule has 2 heterocycles. The first-order valence-corrected chi connectivity index (χ1v) is 12.7. The summed E-state index contributed by atoms with van der Waals surface area (Å²) >= 11 is 6.07. The molecule has 4 nitrogen and oxygen atoms in total. The predicted molar refractivity (Wildman–Crippen MR) is 137 cm³/mol. The minimum atomic E-state index is 0.120. The molecule has 1 spiro atoms. The first-order chi connectivity index (χ1) is 15.8. The van der Waals surface area contributed by atoms with E-state index in [9.17, 15) is 4.79 Å². The van der Waals surface area contributed by atoms with Crippen LogP contribution in [0.3, 0.4) is 0 Å². The van der Waals surface area contributed by atoms with Crippen LogP contribution < -0.4 is 5.56 Å². The summed E-state index contributed by atoms with van der Waals surface area (Å²) in [4.78, 5) is 21.6. The van der Waals surface area contributed by atoms with Crippen molar-refractivity contribution in [3.8, 4) is 11.1 Å². The van der Waals surface area contributed by atoms with Crippen LogP contribution >= 0.6 is 11.6 Å². The number of hydrogen-bond acceptors (Lipinski definition) is 3. The van der Waals surface area contributed by atoms with Gasteiger partial charge < -0.3 is 4.90 Å². The van der Waals surface area contributed by atoms with Crippen molar-refractivity contribution >= 4 is 22.5 Å². The first kappa shape index (κ1) is 22.6. The molecule has 33 heavy (non-hydrogen) atoms. The van der Waals surface area contributed by atoms with Gasteiger partial charge in [-0.3, -0.25) is 9.36 Å². The van der Waals surface area contributed by atoms with Crippen molar-refractivity contribution in [2.24, 2.45) is 11.3 Å². The number of piperidine rings is 1. The highest BCUT2D eigenvalue weighted by Gasteiger charge is 2.57. The van der Waals surface area contributed by atoms with Crippen LogP contribution in [0.5, 0.6) is 0 Å². The number of rotatable bonds is 5. The van der Waals surface area contributed by atoms with Gasteiger partial charge in [-0.15, -0.1) is 0 Å². The van der Waals surface area contributed by atoms with E-state index in [2.05, 4.69) is 43.2 Å². The molecule has 1 aliphatic heterocycles. The molecular weight excluding hydrogens is 430 g/mol. The van der Waals surface area contributed by atoms with Gasteiger partial charge in [-0.05, 0) is 81.0 Å². The van der Waals surface area contributed by atoms with Crippen LogP contribution in [0, 0.1) is 11.3 Å². The molecule has 5 heteroatoms. The Morgan fingerprint density at radius 2 is 1.82 bits per heavy atom. The summed E-state index contributed by atoms with van der Waals surface area (Å²) in [6.45, 7) is 11.2. The fourth-order valence-corrected chi connectivity index (χ4v) is 5.79. The summed E-state index contributed by atoms with van der Waals surface area (Å²) in [7, 11) is 0. The summed E-state index contributed by atoms with van der Waals surface area (Å²) in [5.74, 6) is 1.40. The average molecular weight is 464 g/mol. The Bertz CT molecular complexity index is 1230. The molecule has 2 aliphatic rings. The van der Waals surface area contributed by atoms with E-state index in [1.807, 2.05) is 36.4 Å². The van der Waals surface area contributed by atoms with Crippen LogP contribution in [0.1, 0.15) is 58.8 Å². The van der Waals surface area contributed by atoms with Crippen molar-refractivity contribution in [1.82, 2.24) is 14.5 Å². The van der Waals surface area contributed by atoms with Crippen LogP contribution in [0.15, 0.2) is 47.3 Å². The minimum Gasteiger partial charge on any atom is -0.300 e. The molecule has 2 atom stereocenters. The number of hydrogen-bond donors (Lipinski definition) is 0. The largest absolute Gasteiger partial charge is 0.300 e. The molecule has 0 bridgehead atoms. The third kappa shape index (κ3) is 4.24. The van der Waals surface area contributed by atoms with Gasteiger partial charge in [-0.25, -0.2) is 4.98 Å². The van der Waals surface area contributed by atoms with Gasteiger partial charge in [0.1, 0.15) is 5.82 Å². The smallest absolute Gasteiger partial charge is 0.261 e. The number of nitrogens with zero attached hydrogens (tertiary/aromatic N) is 3. The molecule has 0 radical (unpaired) electrons. The van der Waals surface area contributed by atoms with Crippen LogP contribution in [0.2, 0.25) is 5.02 Å². The molecule has 3 aromatic rings. The van der Waals surface area contributed by atoms with E-state index in [4.69, 9.17) is 16.6 Å². The maximum absolute atomic E-state index is 14.0. The molecule has 2 aromatic carbocycles. The predicted octanol–water partition coefficient (Wildman–Crippen LogP) is 6.35. The van der Waals surface area contributed by atoms with E-state index in [1.165, 1.54) is 19.4 Å². The highest BCUT2D eigenvalue weighted by atomic mass is 35.5. The lowest BCUT2D eigenvalue weighted by Gasteiger charge is -2.36. The Kier molecular flexibility index (Phi) is 5.86. The molecule has 0 N–H and O–H groups in total. The van der Waals surface area contributed by atoms with E-state index >= 15 is 0 Å². The van der Waals surface area contributed by atoms with E-state index in [1.54, 1.807) is 0 Å². The van der Waals surface area contributed by atoms with Crippen molar-refractivity contribution in [1.29, 1.82) is 0 Å². The molecule has 1 aliphatic carbocycles. The lowest BCUT2D eigenvalue weighted by molar-refractivity contribution is 0.119. The summed E-state index contributed by atoms with van der Waals surface area (Å²) in [5, 5.41) is 1.43. The number of likely N-dealkylation sites (tertiary alicyclic amines) is 1. The highest BCUT2D eigenvalue weighted by Crippen LogP contribution is 2.61. The standard InChI is InChI=1S/C28H34ClN3O/c1-18(2)14-26-30-24-11-8-21(20-6-9-22(29)10-7-20)15-23(24)27(33)32(26)25-16-28(25)12-5-13-31(17-28)19(3)4/h6-11,15,18-19,25H,5,12-14,16-17H2,1-4H3. The number of benzene rings is 2. The minimum absolute atomic E-state index is 0.120. The van der Waals surface area contributed by atoms with Gasteiger partial charge in [-0.2, -0.15) is 0 Å². The SMILES string of the molecule is CC(C)Cc1nc2ccc(-c3ccc(Cl)cc3)cc2c(=O)n1C1CC12CCCN(C(C)C)C2. The van der Waals surface area contributed by atoms with Crippen molar-refractivity contribution in [2.45, 2.75) is 65.5 Å². The first-order valence-electron chi connectivity index (χ1n) is 12.3. The van der Waals surface area contributed by atoms with Gasteiger partial charge in [0.2, 0.25) is 0 Å². The van der Waals surface area contributed by atoms with Gasteiger partial charge in [0.15, 0.2) is 0 Å². The third-order valence-electron chi connectivity index (χ3n) is 7.57. The topological polar surface area (TPSA) is 38.1 Å². The maximum atomic E-state index is 14.0. The number of fused-ring (bicyclic) bond motifs is 1. The van der Waals surface area contributed by atoms with Crippen LogP contribution in [-0.4, -0.2) is 33.6 Å². The van der Waals surface area contributed by atoms with Crippen molar-refractivity contribution < 1.29 is 0 Å².